The number of aryl methyl sites for hydroxylation is 2. The zero-order chi connectivity index (χ0) is 10.6. The number of hydrogen-bond acceptors (Lipinski definition) is 2. The smallest absolute Gasteiger partial charge is 0.193 e. The molecular weight excluding hydrogens is 178 g/mol. The summed E-state index contributed by atoms with van der Waals surface area (Å²) in [6, 6.07) is 0. The van der Waals surface area contributed by atoms with Crippen LogP contribution in [0, 0.1) is 6.92 Å². The molecule has 5 heteroatoms. The van der Waals surface area contributed by atoms with Gasteiger partial charge in [0.2, 0.25) is 0 Å². The van der Waals surface area contributed by atoms with Crippen LogP contribution < -0.4 is 11.1 Å². The predicted octanol–water partition coefficient (Wildman–Crippen LogP) is 0.865. The second-order valence-electron chi connectivity index (χ2n) is 3.19. The highest BCUT2D eigenvalue weighted by atomic mass is 15.3. The van der Waals surface area contributed by atoms with E-state index >= 15 is 0 Å². The van der Waals surface area contributed by atoms with Gasteiger partial charge in [-0.25, -0.2) is 0 Å². The third kappa shape index (κ3) is 2.76. The van der Waals surface area contributed by atoms with Crippen LogP contribution in [0.1, 0.15) is 19.0 Å². The van der Waals surface area contributed by atoms with E-state index in [2.05, 4.69) is 22.3 Å². The number of anilines is 1. The predicted molar refractivity (Wildman–Crippen MR) is 58.3 cm³/mol. The highest BCUT2D eigenvalue weighted by Gasteiger charge is 2.02. The molecule has 0 amide bonds. The summed E-state index contributed by atoms with van der Waals surface area (Å²) >= 11 is 0. The van der Waals surface area contributed by atoms with Gasteiger partial charge in [0.05, 0.1) is 11.4 Å². The van der Waals surface area contributed by atoms with Crippen LogP contribution in [-0.2, 0) is 7.05 Å². The lowest BCUT2D eigenvalue weighted by Crippen LogP contribution is -2.23. The van der Waals surface area contributed by atoms with Gasteiger partial charge in [0.25, 0.3) is 0 Å². The molecule has 0 saturated carbocycles. The van der Waals surface area contributed by atoms with E-state index < -0.39 is 0 Å². The number of rotatable bonds is 3. The monoisotopic (exact) mass is 195 g/mol. The van der Waals surface area contributed by atoms with E-state index in [1.807, 2.05) is 20.2 Å². The number of nitrogens with zero attached hydrogens (tertiary/aromatic N) is 3. The van der Waals surface area contributed by atoms with E-state index in [4.69, 9.17) is 5.73 Å². The number of nitrogens with one attached hydrogen (secondary N) is 1. The second kappa shape index (κ2) is 4.64. The first-order chi connectivity index (χ1) is 6.63. The Morgan fingerprint density at radius 3 is 2.93 bits per heavy atom. The van der Waals surface area contributed by atoms with Gasteiger partial charge in [-0.2, -0.15) is 5.10 Å². The molecule has 1 aromatic rings. The van der Waals surface area contributed by atoms with Gasteiger partial charge in [0.15, 0.2) is 5.96 Å². The van der Waals surface area contributed by atoms with Crippen molar-refractivity contribution in [3.63, 3.8) is 0 Å². The maximum atomic E-state index is 5.67. The fourth-order valence-corrected chi connectivity index (χ4v) is 1.13. The molecule has 0 aliphatic carbocycles. The summed E-state index contributed by atoms with van der Waals surface area (Å²) in [5, 5.41) is 7.20. The van der Waals surface area contributed by atoms with E-state index in [0.29, 0.717) is 5.96 Å². The largest absolute Gasteiger partial charge is 0.370 e. The highest BCUT2D eigenvalue weighted by Crippen LogP contribution is 2.10. The van der Waals surface area contributed by atoms with Crippen LogP contribution in [0.5, 0.6) is 0 Å². The van der Waals surface area contributed by atoms with E-state index in [1.54, 1.807) is 4.68 Å². The topological polar surface area (TPSA) is 68.2 Å². The van der Waals surface area contributed by atoms with Crippen molar-refractivity contribution in [2.75, 3.05) is 11.9 Å². The van der Waals surface area contributed by atoms with Gasteiger partial charge in [-0.1, -0.05) is 6.92 Å². The lowest BCUT2D eigenvalue weighted by Gasteiger charge is -2.02. The molecule has 0 aliphatic rings. The average Bonchev–Trinajstić information content (AvgIpc) is 2.42. The zero-order valence-corrected chi connectivity index (χ0v) is 8.91. The van der Waals surface area contributed by atoms with Gasteiger partial charge < -0.3 is 11.1 Å². The number of aliphatic imine (C=N–C) groups is 1. The summed E-state index contributed by atoms with van der Waals surface area (Å²) < 4.78 is 1.74. The van der Waals surface area contributed by atoms with E-state index in [0.717, 1.165) is 24.3 Å². The third-order valence-electron chi connectivity index (χ3n) is 1.78. The van der Waals surface area contributed by atoms with Crippen LogP contribution in [0.4, 0.5) is 5.69 Å². The SMILES string of the molecule is CCCN=C(N)Nc1cn(C)nc1C. The van der Waals surface area contributed by atoms with E-state index in [-0.39, 0.29) is 0 Å². The maximum absolute atomic E-state index is 5.67. The standard InChI is InChI=1S/C9H17N5/c1-4-5-11-9(10)12-8-6-14(3)13-7(8)2/h6H,4-5H2,1-3H3,(H3,10,11,12). The van der Waals surface area contributed by atoms with E-state index in [1.165, 1.54) is 0 Å². The minimum Gasteiger partial charge on any atom is -0.370 e. The molecule has 0 unspecified atom stereocenters. The van der Waals surface area contributed by atoms with Gasteiger partial charge in [-0.15, -0.1) is 0 Å². The molecule has 14 heavy (non-hydrogen) atoms. The van der Waals surface area contributed by atoms with E-state index in [9.17, 15) is 0 Å². The lowest BCUT2D eigenvalue weighted by atomic mass is 10.4. The summed E-state index contributed by atoms with van der Waals surface area (Å²) in [5.74, 6) is 0.447. The molecule has 5 nitrogen and oxygen atoms in total. The number of hydrogen-bond donors (Lipinski definition) is 2. The molecule has 1 heterocycles. The molecule has 0 atom stereocenters. The zero-order valence-electron chi connectivity index (χ0n) is 8.91. The van der Waals surface area contributed by atoms with Gasteiger partial charge >= 0.3 is 0 Å². The minimum absolute atomic E-state index is 0.447. The van der Waals surface area contributed by atoms with Crippen molar-refractivity contribution in [2.45, 2.75) is 20.3 Å². The van der Waals surface area contributed by atoms with Gasteiger partial charge in [0.1, 0.15) is 0 Å². The first kappa shape index (κ1) is 10.6. The maximum Gasteiger partial charge on any atom is 0.193 e. The summed E-state index contributed by atoms with van der Waals surface area (Å²) in [7, 11) is 1.87. The summed E-state index contributed by atoms with van der Waals surface area (Å²) in [5.41, 5.74) is 7.50. The summed E-state index contributed by atoms with van der Waals surface area (Å²) in [6.07, 6.45) is 2.87. The van der Waals surface area contributed by atoms with Crippen molar-refractivity contribution in [2.24, 2.45) is 17.8 Å². The van der Waals surface area contributed by atoms with Crippen LogP contribution in [0.2, 0.25) is 0 Å². The molecule has 0 fully saturated rings. The number of nitrogens with two attached hydrogens (primary N) is 1. The van der Waals surface area contributed by atoms with Crippen LogP contribution in [0.25, 0.3) is 0 Å². The molecule has 0 aliphatic heterocycles. The Labute approximate surface area is 84.0 Å². The van der Waals surface area contributed by atoms with Crippen molar-refractivity contribution in [3.8, 4) is 0 Å². The Morgan fingerprint density at radius 2 is 2.43 bits per heavy atom. The second-order valence-corrected chi connectivity index (χ2v) is 3.19. The molecule has 78 valence electrons. The average molecular weight is 195 g/mol. The normalized spacial score (nSPS) is 11.8. The van der Waals surface area contributed by atoms with Crippen molar-refractivity contribution in [3.05, 3.63) is 11.9 Å². The molecule has 1 aromatic heterocycles. The van der Waals surface area contributed by atoms with Crippen molar-refractivity contribution in [1.29, 1.82) is 0 Å². The van der Waals surface area contributed by atoms with Crippen LogP contribution in [0.15, 0.2) is 11.2 Å². The van der Waals surface area contributed by atoms with Crippen molar-refractivity contribution in [1.82, 2.24) is 9.78 Å². The molecule has 3 N–H and O–H groups in total. The molecule has 0 spiro atoms. The highest BCUT2D eigenvalue weighted by molar-refractivity contribution is 5.92. The lowest BCUT2D eigenvalue weighted by molar-refractivity contribution is 0.756. The van der Waals surface area contributed by atoms with Crippen molar-refractivity contribution >= 4 is 11.6 Å². The third-order valence-corrected chi connectivity index (χ3v) is 1.78. The minimum atomic E-state index is 0.447. The fourth-order valence-electron chi connectivity index (χ4n) is 1.13. The van der Waals surface area contributed by atoms with Crippen LogP contribution in [0.3, 0.4) is 0 Å². The number of guanidine groups is 1. The van der Waals surface area contributed by atoms with Crippen LogP contribution in [-0.4, -0.2) is 22.3 Å². The molecule has 0 aromatic carbocycles. The Hall–Kier alpha value is -1.52. The first-order valence-corrected chi connectivity index (χ1v) is 4.70. The Balaban J connectivity index is 2.64. The van der Waals surface area contributed by atoms with Gasteiger partial charge in [0, 0.05) is 19.8 Å². The number of aromatic nitrogens is 2. The Bertz CT molecular complexity index is 326. The fraction of sp³-hybridized carbons (Fsp3) is 0.556. The molecule has 0 radical (unpaired) electrons. The quantitative estimate of drug-likeness (QED) is 0.555. The first-order valence-electron chi connectivity index (χ1n) is 4.70. The van der Waals surface area contributed by atoms with Crippen LogP contribution >= 0.6 is 0 Å². The van der Waals surface area contributed by atoms with Gasteiger partial charge in [-0.3, -0.25) is 9.67 Å². The molecule has 0 saturated heterocycles. The Kier molecular flexibility index (Phi) is 3.50. The van der Waals surface area contributed by atoms with Gasteiger partial charge in [-0.05, 0) is 13.3 Å². The van der Waals surface area contributed by atoms with Crippen molar-refractivity contribution < 1.29 is 0 Å². The molecule has 0 bridgehead atoms. The summed E-state index contributed by atoms with van der Waals surface area (Å²) in [4.78, 5) is 4.13. The summed E-state index contributed by atoms with van der Waals surface area (Å²) in [6.45, 7) is 4.74. The molecule has 1 rings (SSSR count). The Morgan fingerprint density at radius 1 is 1.71 bits per heavy atom. The molecular formula is C9H17N5.